The molecule has 3 aromatic rings. The molecule has 0 saturated heterocycles. The number of nitrogens with zero attached hydrogens (tertiary/aromatic N) is 5. The predicted octanol–water partition coefficient (Wildman–Crippen LogP) is 1.08. The average Bonchev–Trinajstić information content (AvgIpc) is 2.81. The molecule has 3 heterocycles. The summed E-state index contributed by atoms with van der Waals surface area (Å²) in [6.45, 7) is 1.85. The number of hydrogen-bond acceptors (Lipinski definition) is 5. The van der Waals surface area contributed by atoms with Gasteiger partial charge in [-0.25, -0.2) is 19.9 Å². The second-order valence-corrected chi connectivity index (χ2v) is 3.70. The van der Waals surface area contributed by atoms with Crippen LogP contribution in [-0.4, -0.2) is 24.3 Å². The third kappa shape index (κ3) is 1.50. The Morgan fingerprint density at radius 1 is 1.06 bits per heavy atom. The minimum absolute atomic E-state index is 0.411. The van der Waals surface area contributed by atoms with Crippen LogP contribution in [0.25, 0.3) is 16.6 Å². The topological polar surface area (TPSA) is 82.0 Å². The molecule has 0 fully saturated rings. The minimum atomic E-state index is 0.411. The van der Waals surface area contributed by atoms with E-state index in [1.54, 1.807) is 35.5 Å². The molecule has 0 radical (unpaired) electrons. The van der Waals surface area contributed by atoms with Crippen molar-refractivity contribution in [1.29, 1.82) is 0 Å². The monoisotopic (exact) mass is 226 g/mol. The van der Waals surface area contributed by atoms with Crippen molar-refractivity contribution in [3.63, 3.8) is 0 Å². The van der Waals surface area contributed by atoms with Crippen molar-refractivity contribution in [2.45, 2.75) is 6.92 Å². The maximum atomic E-state index is 5.75. The Bertz CT molecular complexity index is 670. The highest BCUT2D eigenvalue weighted by molar-refractivity contribution is 5.79. The van der Waals surface area contributed by atoms with E-state index in [1.807, 2.05) is 6.92 Å². The fourth-order valence-corrected chi connectivity index (χ4v) is 1.69. The van der Waals surface area contributed by atoms with Gasteiger partial charge in [0.25, 0.3) is 0 Å². The first-order chi connectivity index (χ1) is 8.25. The molecule has 0 spiro atoms. The first-order valence-corrected chi connectivity index (χ1v) is 5.11. The lowest BCUT2D eigenvalue weighted by atomic mass is 10.1. The van der Waals surface area contributed by atoms with E-state index in [1.165, 1.54) is 0 Å². The summed E-state index contributed by atoms with van der Waals surface area (Å²) in [6, 6.07) is 0. The zero-order chi connectivity index (χ0) is 11.8. The van der Waals surface area contributed by atoms with Gasteiger partial charge in [-0.2, -0.15) is 0 Å². The Morgan fingerprint density at radius 3 is 2.59 bits per heavy atom. The first kappa shape index (κ1) is 9.71. The highest BCUT2D eigenvalue weighted by atomic mass is 15.1. The summed E-state index contributed by atoms with van der Waals surface area (Å²) in [5.41, 5.74) is 8.46. The highest BCUT2D eigenvalue weighted by Gasteiger charge is 2.08. The summed E-state index contributed by atoms with van der Waals surface area (Å²) in [5, 5.41) is 0. The molecule has 0 aliphatic rings. The molecule has 3 rings (SSSR count). The molecule has 2 N–H and O–H groups in total. The molecule has 0 bridgehead atoms. The molecule has 17 heavy (non-hydrogen) atoms. The van der Waals surface area contributed by atoms with Crippen LogP contribution in [0.1, 0.15) is 5.82 Å². The molecule has 3 aromatic heterocycles. The molecular formula is C11H10N6. The fourth-order valence-electron chi connectivity index (χ4n) is 1.69. The molecule has 0 unspecified atom stereocenters. The third-order valence-corrected chi connectivity index (χ3v) is 2.58. The van der Waals surface area contributed by atoms with Crippen LogP contribution in [0.4, 0.5) is 5.95 Å². The summed E-state index contributed by atoms with van der Waals surface area (Å²) >= 11 is 0. The smallest absolute Gasteiger partial charge is 0.206 e. The SMILES string of the molecule is Cc1ncc(-c2cnc(N)n3cncc23)cn1. The highest BCUT2D eigenvalue weighted by Crippen LogP contribution is 2.23. The second kappa shape index (κ2) is 3.51. The van der Waals surface area contributed by atoms with E-state index < -0.39 is 0 Å². The molecule has 0 aliphatic heterocycles. The largest absolute Gasteiger partial charge is 0.369 e. The van der Waals surface area contributed by atoms with Gasteiger partial charge in [0.05, 0.1) is 11.7 Å². The van der Waals surface area contributed by atoms with E-state index in [2.05, 4.69) is 19.9 Å². The maximum absolute atomic E-state index is 5.75. The van der Waals surface area contributed by atoms with Crippen LogP contribution < -0.4 is 5.73 Å². The number of rotatable bonds is 1. The fraction of sp³-hybridized carbons (Fsp3) is 0.0909. The Hall–Kier alpha value is -2.50. The number of aryl methyl sites for hydroxylation is 1. The predicted molar refractivity (Wildman–Crippen MR) is 63.2 cm³/mol. The van der Waals surface area contributed by atoms with Crippen LogP contribution in [0.15, 0.2) is 31.1 Å². The van der Waals surface area contributed by atoms with Crippen LogP contribution in [0.5, 0.6) is 0 Å². The lowest BCUT2D eigenvalue weighted by Gasteiger charge is -2.05. The molecule has 0 saturated carbocycles. The minimum Gasteiger partial charge on any atom is -0.369 e. The number of nitrogen functional groups attached to an aromatic ring is 1. The van der Waals surface area contributed by atoms with Crippen molar-refractivity contribution in [3.05, 3.63) is 36.9 Å². The summed E-state index contributed by atoms with van der Waals surface area (Å²) < 4.78 is 1.73. The van der Waals surface area contributed by atoms with Crippen LogP contribution in [0.2, 0.25) is 0 Å². The zero-order valence-corrected chi connectivity index (χ0v) is 9.20. The van der Waals surface area contributed by atoms with Crippen molar-refractivity contribution in [2.75, 3.05) is 5.73 Å². The molecule has 0 atom stereocenters. The Labute approximate surface area is 97.2 Å². The second-order valence-electron chi connectivity index (χ2n) is 3.70. The van der Waals surface area contributed by atoms with Gasteiger partial charge in [-0.15, -0.1) is 0 Å². The molecular weight excluding hydrogens is 216 g/mol. The number of nitrogens with two attached hydrogens (primary N) is 1. The van der Waals surface area contributed by atoms with Crippen LogP contribution >= 0.6 is 0 Å². The van der Waals surface area contributed by atoms with Crippen molar-refractivity contribution < 1.29 is 0 Å². The first-order valence-electron chi connectivity index (χ1n) is 5.11. The number of anilines is 1. The number of fused-ring (bicyclic) bond motifs is 1. The van der Waals surface area contributed by atoms with E-state index >= 15 is 0 Å². The quantitative estimate of drug-likeness (QED) is 0.671. The molecule has 0 aromatic carbocycles. The zero-order valence-electron chi connectivity index (χ0n) is 9.20. The molecule has 0 amide bonds. The van der Waals surface area contributed by atoms with Gasteiger partial charge in [0.15, 0.2) is 0 Å². The van der Waals surface area contributed by atoms with Gasteiger partial charge in [-0.05, 0) is 6.92 Å². The molecule has 84 valence electrons. The van der Waals surface area contributed by atoms with Gasteiger partial charge < -0.3 is 5.73 Å². The summed E-state index contributed by atoms with van der Waals surface area (Å²) in [4.78, 5) is 16.5. The van der Waals surface area contributed by atoms with E-state index in [-0.39, 0.29) is 0 Å². The lowest BCUT2D eigenvalue weighted by molar-refractivity contribution is 1.05. The van der Waals surface area contributed by atoms with E-state index in [0.717, 1.165) is 22.5 Å². The summed E-state index contributed by atoms with van der Waals surface area (Å²) in [6.07, 6.45) is 8.62. The van der Waals surface area contributed by atoms with Crippen LogP contribution in [-0.2, 0) is 0 Å². The van der Waals surface area contributed by atoms with Crippen molar-refractivity contribution in [3.8, 4) is 11.1 Å². The lowest BCUT2D eigenvalue weighted by Crippen LogP contribution is -2.00. The van der Waals surface area contributed by atoms with Crippen LogP contribution in [0, 0.1) is 6.92 Å². The van der Waals surface area contributed by atoms with Gasteiger partial charge in [0.2, 0.25) is 5.95 Å². The molecule has 0 aliphatic carbocycles. The standard InChI is InChI=1S/C11H10N6/c1-7-14-2-8(3-15-7)9-4-16-11(12)17-6-13-5-10(9)17/h2-6H,1H3,(H2,12,16). The Balaban J connectivity index is 2.27. The number of aromatic nitrogens is 5. The number of imidazole rings is 1. The van der Waals surface area contributed by atoms with Gasteiger partial charge in [-0.1, -0.05) is 0 Å². The van der Waals surface area contributed by atoms with E-state index in [9.17, 15) is 0 Å². The van der Waals surface area contributed by atoms with Gasteiger partial charge in [-0.3, -0.25) is 4.40 Å². The van der Waals surface area contributed by atoms with Crippen LogP contribution in [0.3, 0.4) is 0 Å². The van der Waals surface area contributed by atoms with Crippen molar-refractivity contribution in [1.82, 2.24) is 24.3 Å². The van der Waals surface area contributed by atoms with E-state index in [0.29, 0.717) is 5.95 Å². The van der Waals surface area contributed by atoms with Gasteiger partial charge in [0.1, 0.15) is 12.2 Å². The van der Waals surface area contributed by atoms with Gasteiger partial charge >= 0.3 is 0 Å². The molecule has 6 heteroatoms. The summed E-state index contributed by atoms with van der Waals surface area (Å²) in [7, 11) is 0. The average molecular weight is 226 g/mol. The van der Waals surface area contributed by atoms with E-state index in [4.69, 9.17) is 5.73 Å². The molecule has 6 nitrogen and oxygen atoms in total. The normalized spacial score (nSPS) is 10.9. The Morgan fingerprint density at radius 2 is 1.82 bits per heavy atom. The van der Waals surface area contributed by atoms with Crippen molar-refractivity contribution >= 4 is 11.5 Å². The third-order valence-electron chi connectivity index (χ3n) is 2.58. The van der Waals surface area contributed by atoms with Gasteiger partial charge in [0, 0.05) is 29.7 Å². The number of hydrogen-bond donors (Lipinski definition) is 1. The summed E-state index contributed by atoms with van der Waals surface area (Å²) in [5.74, 6) is 1.15. The Kier molecular flexibility index (Phi) is 2.01. The van der Waals surface area contributed by atoms with Crippen molar-refractivity contribution in [2.24, 2.45) is 0 Å². The maximum Gasteiger partial charge on any atom is 0.206 e.